The van der Waals surface area contributed by atoms with E-state index in [2.05, 4.69) is 13.8 Å². The minimum atomic E-state index is -0.554. The van der Waals surface area contributed by atoms with Crippen molar-refractivity contribution in [1.29, 1.82) is 0 Å². The van der Waals surface area contributed by atoms with Crippen molar-refractivity contribution in [2.75, 3.05) is 0 Å². The fraction of sp³-hybridized carbons (Fsp3) is 0.217. The molecular formula is C23H21FO4. The molecule has 0 bridgehead atoms. The Bertz CT molecular complexity index is 1090. The van der Waals surface area contributed by atoms with Crippen LogP contribution in [0.15, 0.2) is 57.8 Å². The Kier molecular flexibility index (Phi) is 5.73. The first-order valence-electron chi connectivity index (χ1n) is 9.01. The molecule has 1 aromatic heterocycles. The number of ether oxygens (including phenoxy) is 1. The van der Waals surface area contributed by atoms with Crippen LogP contribution in [0.3, 0.4) is 0 Å². The third kappa shape index (κ3) is 4.55. The highest BCUT2D eigenvalue weighted by atomic mass is 19.1. The largest absolute Gasteiger partial charge is 0.458 e. The van der Waals surface area contributed by atoms with Crippen molar-refractivity contribution in [2.24, 2.45) is 0 Å². The van der Waals surface area contributed by atoms with E-state index in [4.69, 9.17) is 9.15 Å². The molecule has 0 amide bonds. The van der Waals surface area contributed by atoms with Gasteiger partial charge in [-0.3, -0.25) is 0 Å². The van der Waals surface area contributed by atoms with Gasteiger partial charge in [0.2, 0.25) is 0 Å². The van der Waals surface area contributed by atoms with Crippen LogP contribution in [0.25, 0.3) is 17.0 Å². The van der Waals surface area contributed by atoms with E-state index in [0.717, 1.165) is 16.5 Å². The molecule has 4 nitrogen and oxygen atoms in total. The molecule has 3 rings (SSSR count). The molecule has 1 heterocycles. The maximum Gasteiger partial charge on any atom is 0.336 e. The third-order valence-electron chi connectivity index (χ3n) is 4.49. The van der Waals surface area contributed by atoms with Crippen LogP contribution in [0.4, 0.5) is 4.39 Å². The molecule has 5 heteroatoms. The van der Waals surface area contributed by atoms with Crippen LogP contribution in [-0.4, -0.2) is 5.97 Å². The van der Waals surface area contributed by atoms with Crippen LogP contribution in [0, 0.1) is 12.7 Å². The highest BCUT2D eigenvalue weighted by molar-refractivity contribution is 5.87. The number of hydrogen-bond donors (Lipinski definition) is 0. The quantitative estimate of drug-likeness (QED) is 0.350. The molecule has 0 spiro atoms. The summed E-state index contributed by atoms with van der Waals surface area (Å²) in [6.07, 6.45) is 2.81. The first-order chi connectivity index (χ1) is 13.3. The lowest BCUT2D eigenvalue weighted by Gasteiger charge is -2.13. The van der Waals surface area contributed by atoms with Crippen molar-refractivity contribution >= 4 is 23.0 Å². The van der Waals surface area contributed by atoms with Gasteiger partial charge >= 0.3 is 11.6 Å². The zero-order valence-corrected chi connectivity index (χ0v) is 16.0. The summed E-state index contributed by atoms with van der Waals surface area (Å²) in [4.78, 5) is 23.9. The zero-order valence-electron chi connectivity index (χ0n) is 16.0. The molecule has 0 aliphatic heterocycles. The molecule has 3 aromatic rings. The summed E-state index contributed by atoms with van der Waals surface area (Å²) in [5.41, 5.74) is 3.45. The minimum Gasteiger partial charge on any atom is -0.458 e. The average molecular weight is 380 g/mol. The number of halogens is 1. The van der Waals surface area contributed by atoms with Gasteiger partial charge in [-0.15, -0.1) is 0 Å². The Hall–Kier alpha value is -3.21. The number of hydrogen-bond acceptors (Lipinski definition) is 4. The number of fused-ring (bicyclic) bond motifs is 1. The number of aryl methyl sites for hydroxylation is 1. The van der Waals surface area contributed by atoms with E-state index < -0.39 is 11.6 Å². The van der Waals surface area contributed by atoms with Crippen molar-refractivity contribution in [3.05, 3.63) is 87.0 Å². The van der Waals surface area contributed by atoms with E-state index in [1.807, 2.05) is 19.1 Å². The summed E-state index contributed by atoms with van der Waals surface area (Å²) in [5.74, 6) is -0.585. The molecule has 0 atom stereocenters. The standard InChI is InChI=1S/C23H21FO4/c1-14(2)19-12-20-17(11-23(26)28-21(20)10-15(19)3)13-27-22(25)9-6-16-4-7-18(24)8-5-16/h4-12,14H,13H2,1-3H3/b9-6-. The van der Waals surface area contributed by atoms with Crippen molar-refractivity contribution in [3.8, 4) is 0 Å². The van der Waals surface area contributed by atoms with Crippen LogP contribution >= 0.6 is 0 Å². The Labute approximate surface area is 162 Å². The minimum absolute atomic E-state index is 0.0463. The molecule has 144 valence electrons. The third-order valence-corrected chi connectivity index (χ3v) is 4.49. The second-order valence-corrected chi connectivity index (χ2v) is 6.94. The van der Waals surface area contributed by atoms with Crippen molar-refractivity contribution < 1.29 is 18.3 Å². The van der Waals surface area contributed by atoms with Gasteiger partial charge in [0.25, 0.3) is 0 Å². The van der Waals surface area contributed by atoms with Gasteiger partial charge in [-0.2, -0.15) is 0 Å². The molecule has 0 aliphatic rings. The Balaban J connectivity index is 1.81. The SMILES string of the molecule is Cc1cc2oc(=O)cc(COC(=O)/C=C\c3ccc(F)cc3)c2cc1C(C)C. The lowest BCUT2D eigenvalue weighted by molar-refractivity contribution is -0.138. The Morgan fingerprint density at radius 2 is 1.89 bits per heavy atom. The fourth-order valence-electron chi connectivity index (χ4n) is 3.07. The molecule has 28 heavy (non-hydrogen) atoms. The van der Waals surface area contributed by atoms with Crippen LogP contribution in [0.2, 0.25) is 0 Å². The van der Waals surface area contributed by atoms with E-state index in [9.17, 15) is 14.0 Å². The lowest BCUT2D eigenvalue weighted by atomic mass is 9.95. The predicted octanol–water partition coefficient (Wildman–Crippen LogP) is 5.12. The summed E-state index contributed by atoms with van der Waals surface area (Å²) >= 11 is 0. The summed E-state index contributed by atoms with van der Waals surface area (Å²) in [7, 11) is 0. The number of carbonyl (C=O) groups excluding carboxylic acids is 1. The van der Waals surface area contributed by atoms with Gasteiger partial charge in [0.15, 0.2) is 0 Å². The van der Waals surface area contributed by atoms with Gasteiger partial charge in [-0.25, -0.2) is 14.0 Å². The number of carbonyl (C=O) groups is 1. The predicted molar refractivity (Wildman–Crippen MR) is 107 cm³/mol. The summed E-state index contributed by atoms with van der Waals surface area (Å²) in [6.45, 7) is 6.11. The molecular weight excluding hydrogens is 359 g/mol. The van der Waals surface area contributed by atoms with Gasteiger partial charge in [0.1, 0.15) is 18.0 Å². The molecule has 0 radical (unpaired) electrons. The fourth-order valence-corrected chi connectivity index (χ4v) is 3.07. The highest BCUT2D eigenvalue weighted by Gasteiger charge is 2.12. The molecule has 0 saturated heterocycles. The van der Waals surface area contributed by atoms with E-state index in [1.54, 1.807) is 18.2 Å². The second-order valence-electron chi connectivity index (χ2n) is 6.94. The summed E-state index contributed by atoms with van der Waals surface area (Å²) in [6, 6.07) is 10.9. The van der Waals surface area contributed by atoms with E-state index in [1.165, 1.54) is 24.3 Å². The summed E-state index contributed by atoms with van der Waals surface area (Å²) in [5, 5.41) is 0.754. The van der Waals surface area contributed by atoms with Gasteiger partial charge in [-0.1, -0.05) is 26.0 Å². The Morgan fingerprint density at radius 3 is 2.57 bits per heavy atom. The zero-order chi connectivity index (χ0) is 20.3. The van der Waals surface area contributed by atoms with Gasteiger partial charge in [-0.05, 0) is 59.9 Å². The molecule has 0 N–H and O–H groups in total. The van der Waals surface area contributed by atoms with Gasteiger partial charge < -0.3 is 9.15 Å². The molecule has 0 fully saturated rings. The number of benzene rings is 2. The van der Waals surface area contributed by atoms with Crippen LogP contribution < -0.4 is 5.63 Å². The van der Waals surface area contributed by atoms with Crippen LogP contribution in [-0.2, 0) is 16.1 Å². The highest BCUT2D eigenvalue weighted by Crippen LogP contribution is 2.27. The van der Waals surface area contributed by atoms with Gasteiger partial charge in [0.05, 0.1) is 0 Å². The van der Waals surface area contributed by atoms with Crippen molar-refractivity contribution in [3.63, 3.8) is 0 Å². The monoisotopic (exact) mass is 380 g/mol. The first kappa shape index (κ1) is 19.5. The molecule has 2 aromatic carbocycles. The first-order valence-corrected chi connectivity index (χ1v) is 9.01. The lowest BCUT2D eigenvalue weighted by Crippen LogP contribution is -2.06. The topological polar surface area (TPSA) is 56.5 Å². The van der Waals surface area contributed by atoms with Crippen LogP contribution in [0.1, 0.15) is 42.0 Å². The maximum atomic E-state index is 12.9. The van der Waals surface area contributed by atoms with E-state index >= 15 is 0 Å². The second kappa shape index (κ2) is 8.21. The number of esters is 1. The van der Waals surface area contributed by atoms with Crippen molar-refractivity contribution in [2.45, 2.75) is 33.3 Å². The maximum absolute atomic E-state index is 12.9. The van der Waals surface area contributed by atoms with E-state index in [-0.39, 0.29) is 12.4 Å². The van der Waals surface area contributed by atoms with Crippen molar-refractivity contribution in [1.82, 2.24) is 0 Å². The molecule has 0 aliphatic carbocycles. The van der Waals surface area contributed by atoms with Crippen LogP contribution in [0.5, 0.6) is 0 Å². The van der Waals surface area contributed by atoms with E-state index in [0.29, 0.717) is 22.6 Å². The Morgan fingerprint density at radius 1 is 1.18 bits per heavy atom. The van der Waals surface area contributed by atoms with Gasteiger partial charge in [0, 0.05) is 23.1 Å². The smallest absolute Gasteiger partial charge is 0.336 e. The number of rotatable bonds is 5. The summed E-state index contributed by atoms with van der Waals surface area (Å²) < 4.78 is 23.5. The molecule has 0 saturated carbocycles. The average Bonchev–Trinajstić information content (AvgIpc) is 2.64. The normalized spacial score (nSPS) is 11.5. The molecule has 0 unspecified atom stereocenters.